The maximum atomic E-state index is 11.4. The largest absolute Gasteiger partial charge is 0.480 e. The molecule has 3 aromatic rings. The lowest BCUT2D eigenvalue weighted by atomic mass is 10.1. The Hall–Kier alpha value is -3.26. The summed E-state index contributed by atoms with van der Waals surface area (Å²) in [6.45, 7) is 1.93. The first kappa shape index (κ1) is 18.5. The van der Waals surface area contributed by atoms with Crippen molar-refractivity contribution < 1.29 is 14.3 Å². The number of aryl methyl sites for hydroxylation is 2. The quantitative estimate of drug-likeness (QED) is 0.496. The van der Waals surface area contributed by atoms with Crippen molar-refractivity contribution in [2.24, 2.45) is 0 Å². The third-order valence-electron chi connectivity index (χ3n) is 4.32. The van der Waals surface area contributed by atoms with E-state index >= 15 is 0 Å². The molecule has 0 bridgehead atoms. The third kappa shape index (κ3) is 4.89. The lowest BCUT2D eigenvalue weighted by Crippen LogP contribution is -2.16. The molecule has 1 aromatic carbocycles. The Morgan fingerprint density at radius 1 is 1.19 bits per heavy atom. The maximum Gasteiger partial charge on any atom is 0.327 e. The van der Waals surface area contributed by atoms with Crippen molar-refractivity contribution in [1.82, 2.24) is 9.55 Å². The standard InChI is InChI=1S/C22H22N2O3/c1-17-19(23-21(27-17)18-11-5-4-6-12-18)13-7-2-3-8-14-20(22(25)26)24-15-9-10-16-24/h4-6,9-12,15-16,20H,2,7,13-14H2,1H3,(H,25,26)/t20-/m0/s1. The van der Waals surface area contributed by atoms with E-state index in [0.29, 0.717) is 18.7 Å². The van der Waals surface area contributed by atoms with Crippen molar-refractivity contribution in [3.05, 3.63) is 66.3 Å². The van der Waals surface area contributed by atoms with Gasteiger partial charge in [-0.1, -0.05) is 18.2 Å². The van der Waals surface area contributed by atoms with E-state index in [0.717, 1.165) is 29.9 Å². The van der Waals surface area contributed by atoms with Gasteiger partial charge in [0, 0.05) is 30.8 Å². The molecule has 2 heterocycles. The van der Waals surface area contributed by atoms with Crippen molar-refractivity contribution in [2.45, 2.75) is 38.6 Å². The van der Waals surface area contributed by atoms with Gasteiger partial charge >= 0.3 is 5.97 Å². The molecule has 2 aromatic heterocycles. The number of unbranched alkanes of at least 4 members (excludes halogenated alkanes) is 1. The average Bonchev–Trinajstić information content (AvgIpc) is 3.32. The molecule has 0 radical (unpaired) electrons. The van der Waals surface area contributed by atoms with Gasteiger partial charge in [0.25, 0.3) is 0 Å². The highest BCUT2D eigenvalue weighted by Crippen LogP contribution is 2.22. The van der Waals surface area contributed by atoms with Crippen LogP contribution in [0.1, 0.15) is 36.8 Å². The average molecular weight is 362 g/mol. The number of aliphatic carboxylic acids is 1. The number of nitrogens with zero attached hydrogens (tertiary/aromatic N) is 2. The van der Waals surface area contributed by atoms with E-state index in [9.17, 15) is 9.90 Å². The molecule has 0 saturated carbocycles. The highest BCUT2D eigenvalue weighted by atomic mass is 16.4. The smallest absolute Gasteiger partial charge is 0.327 e. The number of hydrogen-bond acceptors (Lipinski definition) is 3. The zero-order chi connectivity index (χ0) is 19.1. The van der Waals surface area contributed by atoms with E-state index in [1.54, 1.807) is 17.0 Å². The van der Waals surface area contributed by atoms with Gasteiger partial charge < -0.3 is 14.1 Å². The Kier molecular flexibility index (Phi) is 6.11. The van der Waals surface area contributed by atoms with Gasteiger partial charge in [-0.05, 0) is 44.0 Å². The number of carboxylic acid groups (broad SMARTS) is 1. The first-order valence-corrected chi connectivity index (χ1v) is 8.98. The van der Waals surface area contributed by atoms with E-state index in [2.05, 4.69) is 16.8 Å². The normalized spacial score (nSPS) is 11.6. The van der Waals surface area contributed by atoms with Crippen LogP contribution in [0.4, 0.5) is 0 Å². The Labute approximate surface area is 158 Å². The summed E-state index contributed by atoms with van der Waals surface area (Å²) in [5.41, 5.74) is 1.92. The molecule has 1 N–H and O–H groups in total. The molecule has 0 unspecified atom stereocenters. The Balaban J connectivity index is 1.50. The van der Waals surface area contributed by atoms with Crippen molar-refractivity contribution in [2.75, 3.05) is 0 Å². The van der Waals surface area contributed by atoms with Crippen LogP contribution in [0.5, 0.6) is 0 Å². The van der Waals surface area contributed by atoms with Crippen molar-refractivity contribution in [1.29, 1.82) is 0 Å². The number of oxazole rings is 1. The Morgan fingerprint density at radius 3 is 2.63 bits per heavy atom. The minimum Gasteiger partial charge on any atom is -0.480 e. The van der Waals surface area contributed by atoms with Crippen LogP contribution in [0.3, 0.4) is 0 Å². The molecule has 3 rings (SSSR count). The maximum absolute atomic E-state index is 11.4. The number of carboxylic acids is 1. The molecule has 0 aliphatic heterocycles. The monoisotopic (exact) mass is 362 g/mol. The second-order valence-corrected chi connectivity index (χ2v) is 6.28. The van der Waals surface area contributed by atoms with Crippen LogP contribution in [-0.2, 0) is 11.2 Å². The number of benzene rings is 1. The van der Waals surface area contributed by atoms with Gasteiger partial charge in [0.1, 0.15) is 11.8 Å². The molecule has 1 atom stereocenters. The minimum atomic E-state index is -0.868. The number of aromatic nitrogens is 2. The molecule has 0 spiro atoms. The van der Waals surface area contributed by atoms with Crippen molar-refractivity contribution in [3.63, 3.8) is 0 Å². The second-order valence-electron chi connectivity index (χ2n) is 6.28. The molecule has 138 valence electrons. The lowest BCUT2D eigenvalue weighted by molar-refractivity contribution is -0.140. The van der Waals surface area contributed by atoms with E-state index in [4.69, 9.17) is 4.42 Å². The molecule has 0 fully saturated rings. The van der Waals surface area contributed by atoms with Crippen LogP contribution >= 0.6 is 0 Å². The molecule has 27 heavy (non-hydrogen) atoms. The van der Waals surface area contributed by atoms with Crippen LogP contribution in [-0.4, -0.2) is 20.6 Å². The van der Waals surface area contributed by atoms with Gasteiger partial charge in [0.05, 0.1) is 5.69 Å². The molecular formula is C22H22N2O3. The predicted octanol–water partition coefficient (Wildman–Crippen LogP) is 4.49. The van der Waals surface area contributed by atoms with E-state index in [1.807, 2.05) is 49.4 Å². The van der Waals surface area contributed by atoms with Gasteiger partial charge in [0.15, 0.2) is 0 Å². The van der Waals surface area contributed by atoms with E-state index in [-0.39, 0.29) is 0 Å². The zero-order valence-electron chi connectivity index (χ0n) is 15.3. The fourth-order valence-corrected chi connectivity index (χ4v) is 2.84. The van der Waals surface area contributed by atoms with E-state index < -0.39 is 12.0 Å². The van der Waals surface area contributed by atoms with Crippen LogP contribution in [0.2, 0.25) is 0 Å². The van der Waals surface area contributed by atoms with Gasteiger partial charge in [-0.15, -0.1) is 11.8 Å². The highest BCUT2D eigenvalue weighted by molar-refractivity contribution is 5.72. The summed E-state index contributed by atoms with van der Waals surface area (Å²) in [4.78, 5) is 15.9. The molecule has 5 nitrogen and oxygen atoms in total. The second kappa shape index (κ2) is 8.91. The summed E-state index contributed by atoms with van der Waals surface area (Å²) < 4.78 is 7.43. The number of rotatable bonds is 7. The Bertz CT molecular complexity index is 931. The summed E-state index contributed by atoms with van der Waals surface area (Å²) in [5.74, 6) is 6.68. The molecule has 0 amide bonds. The first-order valence-electron chi connectivity index (χ1n) is 8.98. The van der Waals surface area contributed by atoms with Crippen LogP contribution in [0.15, 0.2) is 59.3 Å². The highest BCUT2D eigenvalue weighted by Gasteiger charge is 2.16. The lowest BCUT2D eigenvalue weighted by Gasteiger charge is -2.10. The van der Waals surface area contributed by atoms with Gasteiger partial charge in [0.2, 0.25) is 5.89 Å². The topological polar surface area (TPSA) is 68.3 Å². The van der Waals surface area contributed by atoms with Crippen LogP contribution < -0.4 is 0 Å². The molecular weight excluding hydrogens is 340 g/mol. The number of hydrogen-bond donors (Lipinski definition) is 1. The predicted molar refractivity (Wildman–Crippen MR) is 103 cm³/mol. The van der Waals surface area contributed by atoms with Gasteiger partial charge in [-0.3, -0.25) is 0 Å². The zero-order valence-corrected chi connectivity index (χ0v) is 15.3. The van der Waals surface area contributed by atoms with Crippen molar-refractivity contribution in [3.8, 4) is 23.3 Å². The Morgan fingerprint density at radius 2 is 1.93 bits per heavy atom. The SMILES string of the molecule is Cc1oc(-c2ccccc2)nc1CCCC#CC[C@@H](C(=O)O)n1cccc1. The number of carbonyl (C=O) groups is 1. The molecule has 0 saturated heterocycles. The summed E-state index contributed by atoms with van der Waals surface area (Å²) >= 11 is 0. The first-order chi connectivity index (χ1) is 13.1. The fraction of sp³-hybridized carbons (Fsp3) is 0.273. The fourth-order valence-electron chi connectivity index (χ4n) is 2.84. The summed E-state index contributed by atoms with van der Waals surface area (Å²) in [6.07, 6.45) is 6.14. The van der Waals surface area contributed by atoms with Crippen LogP contribution in [0, 0.1) is 18.8 Å². The molecule has 0 aliphatic rings. The van der Waals surface area contributed by atoms with E-state index in [1.165, 1.54) is 0 Å². The summed E-state index contributed by atoms with van der Waals surface area (Å²) in [7, 11) is 0. The molecule has 5 heteroatoms. The minimum absolute atomic E-state index is 0.297. The third-order valence-corrected chi connectivity index (χ3v) is 4.32. The van der Waals surface area contributed by atoms with Gasteiger partial charge in [-0.2, -0.15) is 0 Å². The summed E-state index contributed by atoms with van der Waals surface area (Å²) in [5, 5.41) is 9.32. The summed E-state index contributed by atoms with van der Waals surface area (Å²) in [6, 6.07) is 12.8. The molecule has 0 aliphatic carbocycles. The van der Waals surface area contributed by atoms with Crippen molar-refractivity contribution >= 4 is 5.97 Å². The van der Waals surface area contributed by atoms with Crippen LogP contribution in [0.25, 0.3) is 11.5 Å². The van der Waals surface area contributed by atoms with Gasteiger partial charge in [-0.25, -0.2) is 9.78 Å².